The van der Waals surface area contributed by atoms with Crippen LogP contribution in [-0.4, -0.2) is 10.5 Å². The summed E-state index contributed by atoms with van der Waals surface area (Å²) in [6, 6.07) is 8.71. The number of aromatic nitrogens is 1. The number of hydrogen-bond acceptors (Lipinski definition) is 2. The number of nitrogens with zero attached hydrogens (tertiary/aromatic N) is 1. The van der Waals surface area contributed by atoms with Gasteiger partial charge in [-0.1, -0.05) is 12.1 Å². The lowest BCUT2D eigenvalue weighted by Gasteiger charge is -2.12. The lowest BCUT2D eigenvalue weighted by molar-refractivity contribution is -0.118. The summed E-state index contributed by atoms with van der Waals surface area (Å²) in [4.78, 5) is 22.7. The first-order valence-corrected chi connectivity index (χ1v) is 4.97. The summed E-state index contributed by atoms with van der Waals surface area (Å²) in [5.41, 5.74) is 6.63. The van der Waals surface area contributed by atoms with Gasteiger partial charge in [0.05, 0.1) is 5.52 Å². The Bertz CT molecular complexity index is 614. The summed E-state index contributed by atoms with van der Waals surface area (Å²) in [6.07, 6.45) is 0. The zero-order valence-electron chi connectivity index (χ0n) is 8.93. The van der Waals surface area contributed by atoms with E-state index in [1.807, 2.05) is 12.1 Å². The number of fused-ring (bicyclic) bond motifs is 1. The van der Waals surface area contributed by atoms with E-state index in [-0.39, 0.29) is 12.0 Å². The molecule has 2 aromatic rings. The van der Waals surface area contributed by atoms with Gasteiger partial charge in [-0.3, -0.25) is 9.59 Å². The molecule has 1 heterocycles. The van der Waals surface area contributed by atoms with Crippen LogP contribution in [0.25, 0.3) is 10.9 Å². The van der Waals surface area contributed by atoms with Crippen LogP contribution < -0.4 is 11.2 Å². The van der Waals surface area contributed by atoms with Crippen molar-refractivity contribution < 1.29 is 4.79 Å². The van der Waals surface area contributed by atoms with Crippen molar-refractivity contribution in [3.05, 3.63) is 46.2 Å². The molecule has 0 spiro atoms. The maximum atomic E-state index is 11.7. The van der Waals surface area contributed by atoms with Gasteiger partial charge in [0.15, 0.2) is 5.43 Å². The third-order valence-corrected chi connectivity index (χ3v) is 2.54. The van der Waals surface area contributed by atoms with E-state index in [0.29, 0.717) is 5.39 Å². The number of pyridine rings is 1. The summed E-state index contributed by atoms with van der Waals surface area (Å²) < 4.78 is 1.75. The number of benzene rings is 1. The second kappa shape index (κ2) is 3.81. The number of hydrogen-bond donors (Lipinski definition) is 1. The molecule has 0 aliphatic carbocycles. The van der Waals surface area contributed by atoms with Gasteiger partial charge < -0.3 is 10.3 Å². The van der Waals surface area contributed by atoms with Crippen molar-refractivity contribution in [2.75, 3.05) is 0 Å². The Morgan fingerprint density at radius 1 is 1.38 bits per heavy atom. The van der Waals surface area contributed by atoms with Gasteiger partial charge in [0.25, 0.3) is 0 Å². The smallest absolute Gasteiger partial charge is 0.237 e. The molecule has 4 heteroatoms. The van der Waals surface area contributed by atoms with E-state index in [2.05, 4.69) is 0 Å². The molecule has 1 aromatic heterocycles. The Hall–Kier alpha value is -2.10. The van der Waals surface area contributed by atoms with Gasteiger partial charge in [0.2, 0.25) is 5.91 Å². The fourth-order valence-corrected chi connectivity index (χ4v) is 1.82. The molecule has 82 valence electrons. The molecule has 0 saturated carbocycles. The highest BCUT2D eigenvalue weighted by Crippen LogP contribution is 2.11. The SMILES string of the molecule is Cc1cc(=O)c2ccccc2n1CC(N)=O. The maximum absolute atomic E-state index is 11.7. The van der Waals surface area contributed by atoms with Crippen LogP contribution in [0.15, 0.2) is 35.1 Å². The highest BCUT2D eigenvalue weighted by atomic mass is 16.1. The Kier molecular flexibility index (Phi) is 2.48. The number of amides is 1. The normalized spacial score (nSPS) is 10.6. The van der Waals surface area contributed by atoms with Crippen LogP contribution in [0.5, 0.6) is 0 Å². The Morgan fingerprint density at radius 2 is 2.06 bits per heavy atom. The molecule has 1 aromatic carbocycles. The predicted molar refractivity (Wildman–Crippen MR) is 62.1 cm³/mol. The molecule has 0 unspecified atom stereocenters. The summed E-state index contributed by atoms with van der Waals surface area (Å²) in [7, 11) is 0. The van der Waals surface area contributed by atoms with Crippen molar-refractivity contribution in [2.24, 2.45) is 5.73 Å². The number of carbonyl (C=O) groups excluding carboxylic acids is 1. The first kappa shape index (κ1) is 10.4. The van der Waals surface area contributed by atoms with Crippen LogP contribution in [0.3, 0.4) is 0 Å². The number of aryl methyl sites for hydroxylation is 1. The standard InChI is InChI=1S/C12H12N2O2/c1-8-6-11(15)9-4-2-3-5-10(9)14(8)7-12(13)16/h2-6H,7H2,1H3,(H2,13,16). The lowest BCUT2D eigenvalue weighted by atomic mass is 10.2. The van der Waals surface area contributed by atoms with E-state index in [4.69, 9.17) is 5.73 Å². The molecule has 1 amide bonds. The summed E-state index contributed by atoms with van der Waals surface area (Å²) in [6.45, 7) is 1.88. The Balaban J connectivity index is 2.81. The van der Waals surface area contributed by atoms with Crippen LogP contribution in [0.2, 0.25) is 0 Å². The molecule has 2 rings (SSSR count). The van der Waals surface area contributed by atoms with Crippen LogP contribution >= 0.6 is 0 Å². The molecule has 2 N–H and O–H groups in total. The second-order valence-corrected chi connectivity index (χ2v) is 3.72. The second-order valence-electron chi connectivity index (χ2n) is 3.72. The molecular weight excluding hydrogens is 204 g/mol. The van der Waals surface area contributed by atoms with Crippen molar-refractivity contribution >= 4 is 16.8 Å². The molecule has 0 aliphatic rings. The van der Waals surface area contributed by atoms with E-state index < -0.39 is 5.91 Å². The highest BCUT2D eigenvalue weighted by molar-refractivity contribution is 5.82. The number of rotatable bonds is 2. The monoisotopic (exact) mass is 216 g/mol. The van der Waals surface area contributed by atoms with Gasteiger partial charge in [-0.25, -0.2) is 0 Å². The Morgan fingerprint density at radius 3 is 2.75 bits per heavy atom. The van der Waals surface area contributed by atoms with Crippen LogP contribution in [0.4, 0.5) is 0 Å². The minimum absolute atomic E-state index is 0.0335. The average Bonchev–Trinajstić information content (AvgIpc) is 2.24. The zero-order chi connectivity index (χ0) is 11.7. The third-order valence-electron chi connectivity index (χ3n) is 2.54. The van der Waals surface area contributed by atoms with Crippen molar-refractivity contribution in [1.82, 2.24) is 4.57 Å². The quantitative estimate of drug-likeness (QED) is 0.806. The molecular formula is C12H12N2O2. The van der Waals surface area contributed by atoms with Crippen molar-refractivity contribution in [2.45, 2.75) is 13.5 Å². The van der Waals surface area contributed by atoms with E-state index in [0.717, 1.165) is 11.2 Å². The van der Waals surface area contributed by atoms with E-state index in [9.17, 15) is 9.59 Å². The summed E-state index contributed by atoms with van der Waals surface area (Å²) in [5, 5.41) is 0.606. The molecule has 16 heavy (non-hydrogen) atoms. The predicted octanol–water partition coefficient (Wildman–Crippen LogP) is 0.795. The lowest BCUT2D eigenvalue weighted by Crippen LogP contribution is -2.22. The van der Waals surface area contributed by atoms with E-state index in [1.54, 1.807) is 23.6 Å². The molecule has 0 saturated heterocycles. The van der Waals surface area contributed by atoms with E-state index in [1.165, 1.54) is 6.07 Å². The number of primary amides is 1. The first-order chi connectivity index (χ1) is 7.59. The van der Waals surface area contributed by atoms with Gasteiger partial charge in [0.1, 0.15) is 6.54 Å². The molecule has 0 bridgehead atoms. The van der Waals surface area contributed by atoms with E-state index >= 15 is 0 Å². The number of carbonyl (C=O) groups is 1. The number of nitrogens with two attached hydrogens (primary N) is 1. The van der Waals surface area contributed by atoms with Crippen LogP contribution in [-0.2, 0) is 11.3 Å². The molecule has 0 aliphatic heterocycles. The minimum Gasteiger partial charge on any atom is -0.368 e. The minimum atomic E-state index is -0.420. The van der Waals surface area contributed by atoms with Crippen molar-refractivity contribution in [3.8, 4) is 0 Å². The highest BCUT2D eigenvalue weighted by Gasteiger charge is 2.07. The summed E-state index contributed by atoms with van der Waals surface area (Å²) in [5.74, 6) is -0.420. The van der Waals surface area contributed by atoms with Gasteiger partial charge in [-0.05, 0) is 19.1 Å². The maximum Gasteiger partial charge on any atom is 0.237 e. The summed E-state index contributed by atoms with van der Waals surface area (Å²) >= 11 is 0. The molecule has 0 atom stereocenters. The van der Waals surface area contributed by atoms with Gasteiger partial charge in [-0.2, -0.15) is 0 Å². The molecule has 4 nitrogen and oxygen atoms in total. The van der Waals surface area contributed by atoms with Crippen LogP contribution in [0.1, 0.15) is 5.69 Å². The number of para-hydroxylation sites is 1. The van der Waals surface area contributed by atoms with Gasteiger partial charge in [-0.15, -0.1) is 0 Å². The molecule has 0 fully saturated rings. The zero-order valence-corrected chi connectivity index (χ0v) is 8.93. The van der Waals surface area contributed by atoms with Gasteiger partial charge >= 0.3 is 0 Å². The third kappa shape index (κ3) is 1.69. The fraction of sp³-hybridized carbons (Fsp3) is 0.167. The van der Waals surface area contributed by atoms with Crippen molar-refractivity contribution in [1.29, 1.82) is 0 Å². The van der Waals surface area contributed by atoms with Crippen molar-refractivity contribution in [3.63, 3.8) is 0 Å². The molecule has 0 radical (unpaired) electrons. The average molecular weight is 216 g/mol. The first-order valence-electron chi connectivity index (χ1n) is 4.97. The topological polar surface area (TPSA) is 65.1 Å². The van der Waals surface area contributed by atoms with Gasteiger partial charge in [0, 0.05) is 17.1 Å². The largest absolute Gasteiger partial charge is 0.368 e. The Labute approximate surface area is 92.3 Å². The van der Waals surface area contributed by atoms with Crippen LogP contribution in [0, 0.1) is 6.92 Å². The fourth-order valence-electron chi connectivity index (χ4n) is 1.82.